The molecule has 0 saturated heterocycles. The van der Waals surface area contributed by atoms with Crippen LogP contribution in [0.4, 0.5) is 0 Å². The Balaban J connectivity index is 2.04. The highest BCUT2D eigenvalue weighted by Crippen LogP contribution is 2.32. The number of unbranched alkanes of at least 4 members (excludes halogenated alkanes) is 2. The molecule has 0 bridgehead atoms. The van der Waals surface area contributed by atoms with Crippen LogP contribution in [-0.2, 0) is 0 Å². The van der Waals surface area contributed by atoms with E-state index >= 15 is 0 Å². The Morgan fingerprint density at radius 1 is 1.18 bits per heavy atom. The number of carbonyl (C=O) groups is 1. The summed E-state index contributed by atoms with van der Waals surface area (Å²) in [6.45, 7) is 5.10. The Kier molecular flexibility index (Phi) is 9.14. The molecule has 0 saturated carbocycles. The van der Waals surface area contributed by atoms with Crippen molar-refractivity contribution in [2.24, 2.45) is 5.73 Å². The molecule has 0 unspecified atom stereocenters. The Bertz CT molecular complexity index is 1210. The van der Waals surface area contributed by atoms with E-state index in [-0.39, 0.29) is 5.91 Å². The number of benzene rings is 2. The molecule has 1 aromatic heterocycles. The van der Waals surface area contributed by atoms with E-state index in [1.807, 2.05) is 38.2 Å². The molecule has 178 valence electrons. The highest BCUT2D eigenvalue weighted by Gasteiger charge is 2.23. The summed E-state index contributed by atoms with van der Waals surface area (Å²) < 4.78 is 1.69. The lowest BCUT2D eigenvalue weighted by molar-refractivity contribution is 0.0820. The lowest BCUT2D eigenvalue weighted by atomic mass is 10.0. The van der Waals surface area contributed by atoms with Crippen LogP contribution in [0.25, 0.3) is 16.9 Å². The molecule has 8 heteroatoms. The van der Waals surface area contributed by atoms with E-state index in [9.17, 15) is 4.79 Å². The van der Waals surface area contributed by atoms with Gasteiger partial charge in [0.05, 0.1) is 22.9 Å². The number of hydrazine groups is 1. The first-order valence-electron chi connectivity index (χ1n) is 11.2. The molecule has 1 amide bonds. The van der Waals surface area contributed by atoms with Crippen LogP contribution in [0.5, 0.6) is 0 Å². The molecule has 3 rings (SSSR count). The summed E-state index contributed by atoms with van der Waals surface area (Å²) in [7, 11) is 1.86. The minimum atomic E-state index is -0.271. The molecular weight excluding hydrogens is 469 g/mol. The van der Waals surface area contributed by atoms with E-state index in [0.717, 1.165) is 48.2 Å². The molecular formula is C26H29Cl2N5O. The molecule has 2 aromatic carbocycles. The van der Waals surface area contributed by atoms with Gasteiger partial charge in [-0.05, 0) is 43.7 Å². The first-order chi connectivity index (χ1) is 16.3. The fraction of sp³-hybridized carbons (Fsp3) is 0.308. The maximum Gasteiger partial charge on any atom is 0.286 e. The third-order valence-corrected chi connectivity index (χ3v) is 5.90. The van der Waals surface area contributed by atoms with Crippen molar-refractivity contribution in [1.29, 1.82) is 0 Å². The number of carbonyl (C=O) groups excluding carboxylic acids is 1. The van der Waals surface area contributed by atoms with E-state index < -0.39 is 0 Å². The van der Waals surface area contributed by atoms with Crippen molar-refractivity contribution in [2.45, 2.75) is 33.1 Å². The summed E-state index contributed by atoms with van der Waals surface area (Å²) >= 11 is 12.6. The normalized spacial score (nSPS) is 10.8. The Morgan fingerprint density at radius 2 is 1.91 bits per heavy atom. The molecule has 0 atom stereocenters. The van der Waals surface area contributed by atoms with Crippen molar-refractivity contribution in [3.8, 4) is 28.8 Å². The van der Waals surface area contributed by atoms with Gasteiger partial charge in [0.25, 0.3) is 5.91 Å². The highest BCUT2D eigenvalue weighted by atomic mass is 35.5. The van der Waals surface area contributed by atoms with Crippen LogP contribution in [0.15, 0.2) is 42.5 Å². The molecule has 0 radical (unpaired) electrons. The van der Waals surface area contributed by atoms with Gasteiger partial charge in [-0.1, -0.05) is 66.9 Å². The summed E-state index contributed by atoms with van der Waals surface area (Å²) in [5.41, 5.74) is 12.6. The molecule has 0 spiro atoms. The number of nitrogens with zero attached hydrogens (tertiary/aromatic N) is 3. The first-order valence-corrected chi connectivity index (χ1v) is 12.0. The Labute approximate surface area is 211 Å². The van der Waals surface area contributed by atoms with Crippen LogP contribution in [0.3, 0.4) is 0 Å². The Hall–Kier alpha value is -2.82. The smallest absolute Gasteiger partial charge is 0.286 e. The number of hydrogen-bond acceptors (Lipinski definition) is 4. The standard InChI is InChI=1S/C26H29Cl2N5O/c1-4-5-6-16-32(3)31-26(34)24-18(2)25(20-11-9-19(10-12-20)8-7-15-29)33(30-24)23-14-13-21(27)17-22(23)28/h9-14,17H,4-6,15-16,29H2,1-3H3,(H,31,34). The Morgan fingerprint density at radius 3 is 2.56 bits per heavy atom. The monoisotopic (exact) mass is 497 g/mol. The van der Waals surface area contributed by atoms with Crippen molar-refractivity contribution < 1.29 is 4.79 Å². The van der Waals surface area contributed by atoms with Gasteiger partial charge >= 0.3 is 0 Å². The van der Waals surface area contributed by atoms with E-state index in [1.165, 1.54) is 0 Å². The number of rotatable bonds is 8. The summed E-state index contributed by atoms with van der Waals surface area (Å²) in [6.07, 6.45) is 3.23. The van der Waals surface area contributed by atoms with Crippen molar-refractivity contribution in [3.05, 3.63) is 69.3 Å². The van der Waals surface area contributed by atoms with Crippen LogP contribution in [-0.4, -0.2) is 40.8 Å². The zero-order valence-electron chi connectivity index (χ0n) is 19.7. The molecule has 6 nitrogen and oxygen atoms in total. The molecule has 0 aliphatic carbocycles. The molecule has 3 aromatic rings. The maximum atomic E-state index is 13.1. The van der Waals surface area contributed by atoms with E-state index in [1.54, 1.807) is 27.9 Å². The number of amides is 1. The van der Waals surface area contributed by atoms with Gasteiger partial charge in [-0.25, -0.2) is 9.69 Å². The van der Waals surface area contributed by atoms with Crippen LogP contribution in [0.2, 0.25) is 10.0 Å². The number of nitrogens with two attached hydrogens (primary N) is 1. The van der Waals surface area contributed by atoms with Gasteiger partial charge in [-0.3, -0.25) is 10.2 Å². The summed E-state index contributed by atoms with van der Waals surface area (Å²) in [6, 6.07) is 12.9. The van der Waals surface area contributed by atoms with Crippen LogP contribution >= 0.6 is 23.2 Å². The third kappa shape index (κ3) is 6.19. The zero-order valence-corrected chi connectivity index (χ0v) is 21.2. The third-order valence-electron chi connectivity index (χ3n) is 5.36. The van der Waals surface area contributed by atoms with E-state index in [0.29, 0.717) is 28.0 Å². The number of aromatic nitrogens is 2. The number of nitrogens with one attached hydrogen (secondary N) is 1. The SMILES string of the molecule is CCCCCN(C)NC(=O)c1nn(-c2ccc(Cl)cc2Cl)c(-c2ccc(C#CCN)cc2)c1C. The lowest BCUT2D eigenvalue weighted by Crippen LogP contribution is -2.40. The van der Waals surface area contributed by atoms with Gasteiger partial charge in [-0.15, -0.1) is 0 Å². The summed E-state index contributed by atoms with van der Waals surface area (Å²) in [5.74, 6) is 5.60. The minimum absolute atomic E-state index is 0.271. The average molecular weight is 498 g/mol. The predicted octanol–water partition coefficient (Wildman–Crippen LogP) is 5.23. The maximum absolute atomic E-state index is 13.1. The molecule has 1 heterocycles. The quantitative estimate of drug-likeness (QED) is 0.253. The van der Waals surface area contributed by atoms with E-state index in [4.69, 9.17) is 28.9 Å². The summed E-state index contributed by atoms with van der Waals surface area (Å²) in [4.78, 5) is 13.1. The highest BCUT2D eigenvalue weighted by molar-refractivity contribution is 6.35. The van der Waals surface area contributed by atoms with Crippen molar-refractivity contribution in [3.63, 3.8) is 0 Å². The summed E-state index contributed by atoms with van der Waals surface area (Å²) in [5, 5.41) is 7.43. The predicted molar refractivity (Wildman–Crippen MR) is 139 cm³/mol. The number of hydrogen-bond donors (Lipinski definition) is 2. The topological polar surface area (TPSA) is 76.2 Å². The van der Waals surface area contributed by atoms with E-state index in [2.05, 4.69) is 29.3 Å². The first kappa shape index (κ1) is 25.8. The second-order valence-corrected chi connectivity index (χ2v) is 8.83. The van der Waals surface area contributed by atoms with Gasteiger partial charge < -0.3 is 5.73 Å². The van der Waals surface area contributed by atoms with Crippen molar-refractivity contribution in [1.82, 2.24) is 20.2 Å². The van der Waals surface area contributed by atoms with Gasteiger partial charge in [0, 0.05) is 35.3 Å². The number of halogens is 2. The van der Waals surface area contributed by atoms with Crippen molar-refractivity contribution >= 4 is 29.1 Å². The molecule has 34 heavy (non-hydrogen) atoms. The fourth-order valence-corrected chi connectivity index (χ4v) is 4.11. The lowest BCUT2D eigenvalue weighted by Gasteiger charge is -2.17. The van der Waals surface area contributed by atoms with Gasteiger partial charge in [-0.2, -0.15) is 5.10 Å². The molecule has 0 aliphatic rings. The van der Waals surface area contributed by atoms with Crippen LogP contribution in [0, 0.1) is 18.8 Å². The second kappa shape index (κ2) is 12.0. The van der Waals surface area contributed by atoms with Gasteiger partial charge in [0.1, 0.15) is 0 Å². The van der Waals surface area contributed by atoms with Crippen molar-refractivity contribution in [2.75, 3.05) is 20.1 Å². The molecule has 0 fully saturated rings. The largest absolute Gasteiger partial charge is 0.320 e. The molecule has 0 aliphatic heterocycles. The zero-order chi connectivity index (χ0) is 24.7. The molecule has 3 N–H and O–H groups in total. The fourth-order valence-electron chi connectivity index (χ4n) is 3.62. The second-order valence-electron chi connectivity index (χ2n) is 7.98. The van der Waals surface area contributed by atoms with Crippen LogP contribution in [0.1, 0.15) is 47.8 Å². The van der Waals surface area contributed by atoms with Gasteiger partial charge in [0.15, 0.2) is 5.69 Å². The van der Waals surface area contributed by atoms with Gasteiger partial charge in [0.2, 0.25) is 0 Å². The minimum Gasteiger partial charge on any atom is -0.320 e. The average Bonchev–Trinajstić information content (AvgIpc) is 3.15. The van der Waals surface area contributed by atoms with Crippen LogP contribution < -0.4 is 11.2 Å².